The van der Waals surface area contributed by atoms with Gasteiger partial charge in [0, 0.05) is 18.5 Å². The number of ether oxygens (including phenoxy) is 1. The van der Waals surface area contributed by atoms with Crippen molar-refractivity contribution in [2.24, 2.45) is 5.14 Å². The van der Waals surface area contributed by atoms with Crippen molar-refractivity contribution in [3.8, 4) is 0 Å². The topological polar surface area (TPSA) is 98.5 Å². The van der Waals surface area contributed by atoms with E-state index in [0.717, 1.165) is 24.2 Å². The van der Waals surface area contributed by atoms with Gasteiger partial charge in [0.25, 0.3) is 5.91 Å². The molecule has 0 fully saturated rings. The summed E-state index contributed by atoms with van der Waals surface area (Å²) in [5, 5.41) is 9.26. The minimum absolute atomic E-state index is 0.0295. The number of hydrogen-bond acceptors (Lipinski definition) is 5. The van der Waals surface area contributed by atoms with Crippen LogP contribution in [0, 0.1) is 6.92 Å². The summed E-state index contributed by atoms with van der Waals surface area (Å²) in [6.45, 7) is 5.16. The van der Waals surface area contributed by atoms with Crippen LogP contribution in [0.1, 0.15) is 35.7 Å². The van der Waals surface area contributed by atoms with Crippen LogP contribution in [-0.4, -0.2) is 34.1 Å². The molecule has 0 aromatic carbocycles. The first-order valence-electron chi connectivity index (χ1n) is 6.34. The molecule has 0 unspecified atom stereocenters. The Morgan fingerprint density at radius 2 is 2.15 bits per heavy atom. The van der Waals surface area contributed by atoms with E-state index in [1.165, 1.54) is 5.38 Å². The van der Waals surface area contributed by atoms with Crippen LogP contribution in [0.5, 0.6) is 0 Å². The van der Waals surface area contributed by atoms with Gasteiger partial charge in [0.15, 0.2) is 0 Å². The number of carbonyl (C=O) groups excluding carboxylic acids is 1. The maximum atomic E-state index is 11.9. The van der Waals surface area contributed by atoms with Gasteiger partial charge in [-0.2, -0.15) is 0 Å². The molecular formula is C12H20N2O4S2. The molecule has 1 rings (SSSR count). The highest BCUT2D eigenvalue weighted by Crippen LogP contribution is 2.25. The molecule has 1 aromatic heterocycles. The Bertz CT molecular complexity index is 552. The van der Waals surface area contributed by atoms with Crippen molar-refractivity contribution in [1.82, 2.24) is 5.32 Å². The molecule has 114 valence electrons. The zero-order valence-electron chi connectivity index (χ0n) is 11.6. The van der Waals surface area contributed by atoms with E-state index in [1.54, 1.807) is 6.92 Å². The monoisotopic (exact) mass is 320 g/mol. The van der Waals surface area contributed by atoms with E-state index in [2.05, 4.69) is 12.2 Å². The first kappa shape index (κ1) is 17.1. The van der Waals surface area contributed by atoms with Gasteiger partial charge in [-0.25, -0.2) is 13.6 Å². The van der Waals surface area contributed by atoms with Gasteiger partial charge in [-0.05, 0) is 18.9 Å². The first-order valence-corrected chi connectivity index (χ1v) is 8.77. The van der Waals surface area contributed by atoms with E-state index in [0.29, 0.717) is 30.9 Å². The number of nitrogens with two attached hydrogens (primary N) is 1. The number of rotatable bonds is 8. The Balaban J connectivity index is 2.51. The molecule has 1 heterocycles. The van der Waals surface area contributed by atoms with Crippen LogP contribution in [0.2, 0.25) is 0 Å². The van der Waals surface area contributed by atoms with Crippen LogP contribution >= 0.6 is 11.3 Å². The van der Waals surface area contributed by atoms with Crippen molar-refractivity contribution in [2.45, 2.75) is 30.9 Å². The Hall–Kier alpha value is -0.960. The van der Waals surface area contributed by atoms with Crippen LogP contribution in [0.3, 0.4) is 0 Å². The Morgan fingerprint density at radius 1 is 1.45 bits per heavy atom. The first-order chi connectivity index (χ1) is 9.38. The molecule has 0 spiro atoms. The number of carbonyl (C=O) groups is 1. The summed E-state index contributed by atoms with van der Waals surface area (Å²) in [7, 11) is -3.77. The molecule has 0 bridgehead atoms. The summed E-state index contributed by atoms with van der Waals surface area (Å²) in [4.78, 5) is 11.9. The number of unbranched alkanes of at least 4 members (excludes halogenated alkanes) is 1. The lowest BCUT2D eigenvalue weighted by molar-refractivity contribution is 0.0912. The van der Waals surface area contributed by atoms with Gasteiger partial charge < -0.3 is 10.1 Å². The average molecular weight is 320 g/mol. The molecule has 1 amide bonds. The fourth-order valence-electron chi connectivity index (χ4n) is 1.58. The molecule has 0 saturated carbocycles. The van der Waals surface area contributed by atoms with Crippen LogP contribution in [0.15, 0.2) is 9.59 Å². The zero-order chi connectivity index (χ0) is 15.2. The number of primary sulfonamides is 1. The third-order valence-electron chi connectivity index (χ3n) is 2.67. The smallest absolute Gasteiger partial charge is 0.252 e. The minimum atomic E-state index is -3.77. The third kappa shape index (κ3) is 4.86. The van der Waals surface area contributed by atoms with Crippen LogP contribution in [-0.2, 0) is 14.8 Å². The molecule has 0 aliphatic rings. The molecule has 0 atom stereocenters. The molecule has 3 N–H and O–H groups in total. The molecular weight excluding hydrogens is 300 g/mol. The van der Waals surface area contributed by atoms with E-state index < -0.39 is 10.0 Å². The lowest BCUT2D eigenvalue weighted by Crippen LogP contribution is -2.27. The van der Waals surface area contributed by atoms with E-state index >= 15 is 0 Å². The Labute approximate surface area is 123 Å². The minimum Gasteiger partial charge on any atom is -0.380 e. The van der Waals surface area contributed by atoms with Crippen molar-refractivity contribution in [1.29, 1.82) is 0 Å². The van der Waals surface area contributed by atoms with Crippen molar-refractivity contribution >= 4 is 27.3 Å². The van der Waals surface area contributed by atoms with Gasteiger partial charge >= 0.3 is 0 Å². The highest BCUT2D eigenvalue weighted by molar-refractivity contribution is 7.91. The summed E-state index contributed by atoms with van der Waals surface area (Å²) in [6.07, 6.45) is 2.06. The lowest BCUT2D eigenvalue weighted by Gasteiger charge is -2.06. The van der Waals surface area contributed by atoms with Crippen molar-refractivity contribution < 1.29 is 17.9 Å². The molecule has 0 aliphatic heterocycles. The highest BCUT2D eigenvalue weighted by Gasteiger charge is 2.20. The largest absolute Gasteiger partial charge is 0.380 e. The van der Waals surface area contributed by atoms with E-state index in [4.69, 9.17) is 9.88 Å². The number of nitrogens with one attached hydrogen (secondary N) is 1. The van der Waals surface area contributed by atoms with E-state index in [9.17, 15) is 13.2 Å². The maximum absolute atomic E-state index is 11.9. The predicted molar refractivity (Wildman–Crippen MR) is 78.5 cm³/mol. The second-order valence-corrected chi connectivity index (χ2v) is 6.97. The van der Waals surface area contributed by atoms with Crippen molar-refractivity contribution in [2.75, 3.05) is 19.8 Å². The molecule has 0 saturated heterocycles. The molecule has 6 nitrogen and oxygen atoms in total. The van der Waals surface area contributed by atoms with Gasteiger partial charge in [-0.15, -0.1) is 11.3 Å². The standard InChI is InChI=1S/C12H20N2O4S2/c1-3-4-6-18-7-5-14-11(15)10-8-19-12(9(10)2)20(13,16)17/h8H,3-7H2,1-2H3,(H,14,15)(H2,13,16,17). The molecule has 0 radical (unpaired) electrons. The summed E-state index contributed by atoms with van der Waals surface area (Å²) < 4.78 is 27.9. The zero-order valence-corrected chi connectivity index (χ0v) is 13.3. The Morgan fingerprint density at radius 3 is 2.70 bits per heavy atom. The number of thiophene rings is 1. The SMILES string of the molecule is CCCCOCCNC(=O)c1csc(S(N)(=O)=O)c1C. The van der Waals surface area contributed by atoms with Gasteiger partial charge in [-0.1, -0.05) is 13.3 Å². The predicted octanol–water partition coefficient (Wildman–Crippen LogP) is 1.25. The van der Waals surface area contributed by atoms with Crippen molar-refractivity contribution in [3.05, 3.63) is 16.5 Å². The fourth-order valence-corrected chi connectivity index (χ4v) is 3.60. The molecule has 0 aliphatic carbocycles. The maximum Gasteiger partial charge on any atom is 0.252 e. The molecule has 1 aromatic rings. The summed E-state index contributed by atoms with van der Waals surface area (Å²) in [5.74, 6) is -0.312. The lowest BCUT2D eigenvalue weighted by atomic mass is 10.2. The highest BCUT2D eigenvalue weighted by atomic mass is 32.2. The van der Waals surface area contributed by atoms with E-state index in [1.807, 2.05) is 0 Å². The van der Waals surface area contributed by atoms with Crippen LogP contribution in [0.25, 0.3) is 0 Å². The van der Waals surface area contributed by atoms with Gasteiger partial charge in [0.05, 0.1) is 12.2 Å². The number of amides is 1. The van der Waals surface area contributed by atoms with Crippen LogP contribution < -0.4 is 10.5 Å². The second-order valence-electron chi connectivity index (χ2n) is 4.33. The number of sulfonamides is 1. The summed E-state index contributed by atoms with van der Waals surface area (Å²) in [6, 6.07) is 0. The second kappa shape index (κ2) is 7.72. The summed E-state index contributed by atoms with van der Waals surface area (Å²) >= 11 is 0.957. The molecule has 20 heavy (non-hydrogen) atoms. The van der Waals surface area contributed by atoms with Crippen molar-refractivity contribution in [3.63, 3.8) is 0 Å². The van der Waals surface area contributed by atoms with Crippen LogP contribution in [0.4, 0.5) is 0 Å². The fraction of sp³-hybridized carbons (Fsp3) is 0.583. The van der Waals surface area contributed by atoms with Gasteiger partial charge in [0.2, 0.25) is 10.0 Å². The quantitative estimate of drug-likeness (QED) is 0.704. The van der Waals surface area contributed by atoms with E-state index in [-0.39, 0.29) is 10.1 Å². The number of hydrogen-bond donors (Lipinski definition) is 2. The normalized spacial score (nSPS) is 11.6. The van der Waals surface area contributed by atoms with Gasteiger partial charge in [-0.3, -0.25) is 4.79 Å². The molecule has 8 heteroatoms. The van der Waals surface area contributed by atoms with Gasteiger partial charge in [0.1, 0.15) is 4.21 Å². The Kier molecular flexibility index (Phi) is 6.60. The average Bonchev–Trinajstić information content (AvgIpc) is 2.75. The third-order valence-corrected chi connectivity index (χ3v) is 5.35. The summed E-state index contributed by atoms with van der Waals surface area (Å²) in [5.41, 5.74) is 0.731.